The molecular weight excluding hydrogens is 262 g/mol. The lowest BCUT2D eigenvalue weighted by Gasteiger charge is -2.10. The summed E-state index contributed by atoms with van der Waals surface area (Å²) >= 11 is 1.59. The molecule has 0 aromatic carbocycles. The second-order valence-electron chi connectivity index (χ2n) is 5.80. The van der Waals surface area contributed by atoms with E-state index in [4.69, 9.17) is 4.52 Å². The van der Waals surface area contributed by atoms with Crippen LogP contribution in [0.2, 0.25) is 0 Å². The van der Waals surface area contributed by atoms with Gasteiger partial charge in [0.15, 0.2) is 11.0 Å². The summed E-state index contributed by atoms with van der Waals surface area (Å²) in [6.45, 7) is 6.20. The molecule has 2 heterocycles. The molecule has 0 N–H and O–H groups in total. The van der Waals surface area contributed by atoms with Gasteiger partial charge in [0.1, 0.15) is 6.33 Å². The molecule has 0 unspecified atom stereocenters. The minimum absolute atomic E-state index is 0.0829. The molecular formula is C12H17N5OS. The maximum absolute atomic E-state index is 5.27. The lowest BCUT2D eigenvalue weighted by Crippen LogP contribution is -2.13. The molecule has 2 aromatic rings. The summed E-state index contributed by atoms with van der Waals surface area (Å²) in [5, 5.41) is 13.0. The number of aromatic nitrogens is 5. The summed E-state index contributed by atoms with van der Waals surface area (Å²) in [6, 6.07) is 0.588. The van der Waals surface area contributed by atoms with Gasteiger partial charge in [-0.15, -0.1) is 10.2 Å². The first-order valence-electron chi connectivity index (χ1n) is 6.39. The summed E-state index contributed by atoms with van der Waals surface area (Å²) in [5.74, 6) is 2.01. The lowest BCUT2D eigenvalue weighted by atomic mass is 9.96. The first-order chi connectivity index (χ1) is 9.04. The van der Waals surface area contributed by atoms with Crippen LogP contribution in [0.25, 0.3) is 0 Å². The first-order valence-corrected chi connectivity index (χ1v) is 7.38. The zero-order valence-corrected chi connectivity index (χ0v) is 12.1. The minimum Gasteiger partial charge on any atom is -0.338 e. The van der Waals surface area contributed by atoms with Gasteiger partial charge >= 0.3 is 0 Å². The molecule has 1 saturated carbocycles. The fourth-order valence-electron chi connectivity index (χ4n) is 1.68. The van der Waals surface area contributed by atoms with Gasteiger partial charge in [-0.25, -0.2) is 0 Å². The molecule has 2 aromatic heterocycles. The van der Waals surface area contributed by atoms with Crippen molar-refractivity contribution in [1.82, 2.24) is 24.9 Å². The second-order valence-corrected chi connectivity index (χ2v) is 6.74. The molecule has 19 heavy (non-hydrogen) atoms. The summed E-state index contributed by atoms with van der Waals surface area (Å²) < 4.78 is 7.40. The molecule has 7 heteroatoms. The van der Waals surface area contributed by atoms with Crippen molar-refractivity contribution < 1.29 is 4.52 Å². The quantitative estimate of drug-likeness (QED) is 0.801. The van der Waals surface area contributed by atoms with E-state index in [0.29, 0.717) is 17.7 Å². The van der Waals surface area contributed by atoms with Gasteiger partial charge in [0, 0.05) is 11.5 Å². The molecule has 1 fully saturated rings. The predicted molar refractivity (Wildman–Crippen MR) is 70.9 cm³/mol. The van der Waals surface area contributed by atoms with Gasteiger partial charge in [0.2, 0.25) is 5.89 Å². The van der Waals surface area contributed by atoms with E-state index in [0.717, 1.165) is 11.0 Å². The normalized spacial score (nSPS) is 15.9. The molecule has 1 aliphatic carbocycles. The van der Waals surface area contributed by atoms with Gasteiger partial charge in [-0.05, 0) is 12.8 Å². The number of hydrogen-bond donors (Lipinski definition) is 0. The molecule has 0 atom stereocenters. The average molecular weight is 279 g/mol. The van der Waals surface area contributed by atoms with Crippen LogP contribution in [0.1, 0.15) is 51.4 Å². The van der Waals surface area contributed by atoms with Crippen LogP contribution < -0.4 is 0 Å². The van der Waals surface area contributed by atoms with Crippen molar-refractivity contribution in [2.24, 2.45) is 0 Å². The lowest BCUT2D eigenvalue weighted by molar-refractivity contribution is 0.372. The fraction of sp³-hybridized carbons (Fsp3) is 0.667. The third-order valence-corrected chi connectivity index (χ3v) is 3.89. The topological polar surface area (TPSA) is 69.6 Å². The largest absolute Gasteiger partial charge is 0.338 e. The molecule has 1 aliphatic rings. The summed E-state index contributed by atoms with van der Waals surface area (Å²) in [7, 11) is 0. The Morgan fingerprint density at radius 2 is 2.21 bits per heavy atom. The first kappa shape index (κ1) is 12.7. The van der Waals surface area contributed by atoms with Crippen LogP contribution in [0.15, 0.2) is 16.0 Å². The number of rotatable bonds is 4. The Hall–Kier alpha value is -1.37. The standard InChI is InChI=1S/C12H17N5OS/c1-12(2,3)10-14-9(18-16-10)6-19-11-15-13-7-17(11)8-4-5-8/h7-8H,4-6H2,1-3H3. The maximum atomic E-state index is 5.27. The Balaban J connectivity index is 1.65. The Labute approximate surface area is 116 Å². The fourth-order valence-corrected chi connectivity index (χ4v) is 2.50. The smallest absolute Gasteiger partial charge is 0.237 e. The SMILES string of the molecule is CC(C)(C)c1noc(CSc2nncn2C2CC2)n1. The van der Waals surface area contributed by atoms with Crippen LogP contribution in [0.5, 0.6) is 0 Å². The number of hydrogen-bond acceptors (Lipinski definition) is 6. The van der Waals surface area contributed by atoms with Crippen molar-refractivity contribution in [2.45, 2.75) is 56.0 Å². The van der Waals surface area contributed by atoms with Crippen LogP contribution >= 0.6 is 11.8 Å². The van der Waals surface area contributed by atoms with Gasteiger partial charge in [-0.1, -0.05) is 37.7 Å². The minimum atomic E-state index is -0.0829. The van der Waals surface area contributed by atoms with Gasteiger partial charge in [-0.2, -0.15) is 4.98 Å². The van der Waals surface area contributed by atoms with Crippen LogP contribution in [-0.2, 0) is 11.2 Å². The highest BCUT2D eigenvalue weighted by atomic mass is 32.2. The third kappa shape index (κ3) is 2.80. The zero-order valence-electron chi connectivity index (χ0n) is 11.3. The van der Waals surface area contributed by atoms with E-state index in [1.54, 1.807) is 18.1 Å². The Kier molecular flexibility index (Phi) is 3.08. The zero-order chi connectivity index (χ0) is 13.5. The van der Waals surface area contributed by atoms with Gasteiger partial charge in [-0.3, -0.25) is 0 Å². The van der Waals surface area contributed by atoms with E-state index in [9.17, 15) is 0 Å². The third-order valence-electron chi connectivity index (χ3n) is 2.94. The molecule has 0 amide bonds. The summed E-state index contributed by atoms with van der Waals surface area (Å²) in [6.07, 6.45) is 4.25. The van der Waals surface area contributed by atoms with E-state index >= 15 is 0 Å². The van der Waals surface area contributed by atoms with Crippen molar-refractivity contribution >= 4 is 11.8 Å². The second kappa shape index (κ2) is 4.63. The Morgan fingerprint density at radius 1 is 1.42 bits per heavy atom. The van der Waals surface area contributed by atoms with E-state index in [2.05, 4.69) is 45.7 Å². The van der Waals surface area contributed by atoms with Crippen LogP contribution in [0.4, 0.5) is 0 Å². The molecule has 0 saturated heterocycles. The molecule has 0 spiro atoms. The molecule has 0 bridgehead atoms. The molecule has 6 nitrogen and oxygen atoms in total. The molecule has 0 aliphatic heterocycles. The van der Waals surface area contributed by atoms with Crippen molar-refractivity contribution in [3.8, 4) is 0 Å². The Bertz CT molecular complexity index is 567. The summed E-state index contributed by atoms with van der Waals surface area (Å²) in [4.78, 5) is 4.42. The molecule has 0 radical (unpaired) electrons. The Morgan fingerprint density at radius 3 is 2.84 bits per heavy atom. The monoisotopic (exact) mass is 279 g/mol. The highest BCUT2D eigenvalue weighted by Gasteiger charge is 2.26. The number of nitrogens with zero attached hydrogens (tertiary/aromatic N) is 5. The maximum Gasteiger partial charge on any atom is 0.237 e. The van der Waals surface area contributed by atoms with Crippen molar-refractivity contribution in [1.29, 1.82) is 0 Å². The molecule has 3 rings (SSSR count). The predicted octanol–water partition coefficient (Wildman–Crippen LogP) is 2.59. The highest BCUT2D eigenvalue weighted by molar-refractivity contribution is 7.98. The van der Waals surface area contributed by atoms with E-state index < -0.39 is 0 Å². The van der Waals surface area contributed by atoms with Crippen LogP contribution in [0, 0.1) is 0 Å². The van der Waals surface area contributed by atoms with E-state index in [-0.39, 0.29) is 5.41 Å². The summed E-state index contributed by atoms with van der Waals surface area (Å²) in [5.41, 5.74) is -0.0829. The van der Waals surface area contributed by atoms with Crippen LogP contribution in [-0.4, -0.2) is 24.9 Å². The molecule has 102 valence electrons. The highest BCUT2D eigenvalue weighted by Crippen LogP contribution is 2.37. The number of thioether (sulfide) groups is 1. The van der Waals surface area contributed by atoms with Gasteiger partial charge < -0.3 is 9.09 Å². The van der Waals surface area contributed by atoms with Crippen LogP contribution in [0.3, 0.4) is 0 Å². The van der Waals surface area contributed by atoms with E-state index in [1.807, 2.05) is 0 Å². The van der Waals surface area contributed by atoms with Crippen molar-refractivity contribution in [2.75, 3.05) is 0 Å². The van der Waals surface area contributed by atoms with E-state index in [1.165, 1.54) is 12.8 Å². The van der Waals surface area contributed by atoms with Crippen molar-refractivity contribution in [3.63, 3.8) is 0 Å². The van der Waals surface area contributed by atoms with Gasteiger partial charge in [0.25, 0.3) is 0 Å². The average Bonchev–Trinajstić information content (AvgIpc) is 2.91. The van der Waals surface area contributed by atoms with Gasteiger partial charge in [0.05, 0.1) is 5.75 Å². The van der Waals surface area contributed by atoms with Crippen molar-refractivity contribution in [3.05, 3.63) is 18.0 Å².